The van der Waals surface area contributed by atoms with Gasteiger partial charge in [0.2, 0.25) is 0 Å². The van der Waals surface area contributed by atoms with E-state index in [1.807, 2.05) is 12.1 Å². The molecule has 0 amide bonds. The van der Waals surface area contributed by atoms with Crippen LogP contribution in [0.25, 0.3) is 0 Å². The maximum absolute atomic E-state index is 12.1. The number of hydrogen-bond donors (Lipinski definition) is 1. The molecule has 2 atom stereocenters. The molecule has 1 aromatic heterocycles. The summed E-state index contributed by atoms with van der Waals surface area (Å²) in [6.07, 6.45) is 9.83. The van der Waals surface area contributed by atoms with Crippen LogP contribution in [0.15, 0.2) is 24.5 Å². The number of ketones is 1. The summed E-state index contributed by atoms with van der Waals surface area (Å²) in [5.74, 6) is 0.974. The highest BCUT2D eigenvalue weighted by atomic mass is 16.1. The van der Waals surface area contributed by atoms with Crippen molar-refractivity contribution >= 4 is 5.78 Å². The Kier molecular flexibility index (Phi) is 3.41. The van der Waals surface area contributed by atoms with Crippen LogP contribution in [0, 0.1) is 5.92 Å². The van der Waals surface area contributed by atoms with E-state index in [1.165, 1.54) is 25.7 Å². The van der Waals surface area contributed by atoms with Crippen LogP contribution in [0.2, 0.25) is 0 Å². The molecule has 2 saturated heterocycles. The fourth-order valence-corrected chi connectivity index (χ4v) is 3.47. The van der Waals surface area contributed by atoms with Crippen molar-refractivity contribution in [3.8, 4) is 0 Å². The van der Waals surface area contributed by atoms with Crippen molar-refractivity contribution in [2.45, 2.75) is 50.6 Å². The van der Waals surface area contributed by atoms with E-state index in [9.17, 15) is 4.79 Å². The molecule has 2 aliphatic heterocycles. The van der Waals surface area contributed by atoms with Crippen molar-refractivity contribution in [2.75, 3.05) is 0 Å². The Morgan fingerprint density at radius 3 is 2.78 bits per heavy atom. The summed E-state index contributed by atoms with van der Waals surface area (Å²) < 4.78 is 0. The molecule has 1 N–H and O–H groups in total. The minimum atomic E-state index is 0.370. The molecule has 1 aromatic rings. The van der Waals surface area contributed by atoms with E-state index in [2.05, 4.69) is 10.3 Å². The fourth-order valence-electron chi connectivity index (χ4n) is 3.47. The van der Waals surface area contributed by atoms with Crippen LogP contribution in [0.4, 0.5) is 0 Å². The summed E-state index contributed by atoms with van der Waals surface area (Å²) in [4.78, 5) is 16.1. The molecule has 3 heterocycles. The van der Waals surface area contributed by atoms with Crippen LogP contribution in [0.5, 0.6) is 0 Å². The van der Waals surface area contributed by atoms with Gasteiger partial charge in [-0.2, -0.15) is 0 Å². The van der Waals surface area contributed by atoms with Crippen LogP contribution >= 0.6 is 0 Å². The van der Waals surface area contributed by atoms with Crippen molar-refractivity contribution in [1.29, 1.82) is 0 Å². The second-order valence-electron chi connectivity index (χ2n) is 5.76. The second kappa shape index (κ2) is 5.19. The molecule has 2 aliphatic rings. The minimum Gasteiger partial charge on any atom is -0.311 e. The maximum Gasteiger partial charge on any atom is 0.137 e. The van der Waals surface area contributed by atoms with Gasteiger partial charge in [-0.3, -0.25) is 9.78 Å². The van der Waals surface area contributed by atoms with Crippen LogP contribution < -0.4 is 5.32 Å². The molecule has 0 radical (unpaired) electrons. The lowest BCUT2D eigenvalue weighted by molar-refractivity contribution is -0.119. The topological polar surface area (TPSA) is 42.0 Å². The van der Waals surface area contributed by atoms with Gasteiger partial charge >= 0.3 is 0 Å². The summed E-state index contributed by atoms with van der Waals surface area (Å²) in [7, 11) is 0. The monoisotopic (exact) mass is 244 g/mol. The number of Topliss-reactive ketones (excluding diaryl/α,β-unsaturated/α-hetero) is 1. The predicted octanol–water partition coefficient (Wildman–Crippen LogP) is 2.11. The highest BCUT2D eigenvalue weighted by Gasteiger charge is 2.33. The van der Waals surface area contributed by atoms with E-state index in [0.717, 1.165) is 12.0 Å². The Labute approximate surface area is 108 Å². The molecule has 18 heavy (non-hydrogen) atoms. The number of hydrogen-bond acceptors (Lipinski definition) is 3. The van der Waals surface area contributed by atoms with Gasteiger partial charge in [-0.1, -0.05) is 6.07 Å². The quantitative estimate of drug-likeness (QED) is 0.882. The number of piperidine rings is 1. The summed E-state index contributed by atoms with van der Waals surface area (Å²) >= 11 is 0. The highest BCUT2D eigenvalue weighted by molar-refractivity contribution is 5.81. The lowest BCUT2D eigenvalue weighted by atomic mass is 9.87. The third-order valence-electron chi connectivity index (χ3n) is 4.21. The number of fused-ring (bicyclic) bond motifs is 2. The number of rotatable bonds is 4. The van der Waals surface area contributed by atoms with Gasteiger partial charge < -0.3 is 5.32 Å². The molecule has 3 heteroatoms. The largest absolute Gasteiger partial charge is 0.311 e. The van der Waals surface area contributed by atoms with E-state index >= 15 is 0 Å². The minimum absolute atomic E-state index is 0.370. The maximum atomic E-state index is 12.1. The predicted molar refractivity (Wildman–Crippen MR) is 70.2 cm³/mol. The summed E-state index contributed by atoms with van der Waals surface area (Å²) in [6.45, 7) is 0. The zero-order valence-electron chi connectivity index (χ0n) is 10.6. The van der Waals surface area contributed by atoms with Gasteiger partial charge in [-0.25, -0.2) is 0 Å². The first-order chi connectivity index (χ1) is 8.79. The first kappa shape index (κ1) is 11.8. The zero-order valence-corrected chi connectivity index (χ0v) is 10.6. The van der Waals surface area contributed by atoms with Gasteiger partial charge in [-0.15, -0.1) is 0 Å². The molecule has 2 bridgehead atoms. The van der Waals surface area contributed by atoms with Gasteiger partial charge in [0.15, 0.2) is 0 Å². The van der Waals surface area contributed by atoms with Crippen molar-refractivity contribution in [2.24, 2.45) is 5.92 Å². The third-order valence-corrected chi connectivity index (χ3v) is 4.21. The molecular formula is C15H20N2O. The van der Waals surface area contributed by atoms with Gasteiger partial charge in [0, 0.05) is 37.3 Å². The molecule has 0 saturated carbocycles. The van der Waals surface area contributed by atoms with Crippen molar-refractivity contribution in [3.05, 3.63) is 30.1 Å². The van der Waals surface area contributed by atoms with Gasteiger partial charge in [0.1, 0.15) is 5.78 Å². The zero-order chi connectivity index (χ0) is 12.4. The van der Waals surface area contributed by atoms with Gasteiger partial charge in [-0.05, 0) is 43.2 Å². The Balaban J connectivity index is 1.52. The van der Waals surface area contributed by atoms with Crippen LogP contribution in [-0.4, -0.2) is 22.9 Å². The number of pyridine rings is 1. The normalized spacial score (nSPS) is 30.3. The highest BCUT2D eigenvalue weighted by Crippen LogP contribution is 2.32. The standard InChI is InChI=1S/C15H20N2O/c18-15(8-11-2-1-5-16-10-11)9-12-6-13-3-4-14(7-12)17-13/h1-2,5,10,12-14,17H,3-4,6-9H2. The Bertz CT molecular complexity index is 406. The molecule has 0 spiro atoms. The number of nitrogens with zero attached hydrogens (tertiary/aromatic N) is 1. The molecular weight excluding hydrogens is 224 g/mol. The Hall–Kier alpha value is -1.22. The fraction of sp³-hybridized carbons (Fsp3) is 0.600. The Morgan fingerprint density at radius 1 is 1.33 bits per heavy atom. The van der Waals surface area contributed by atoms with E-state index in [1.54, 1.807) is 12.4 Å². The van der Waals surface area contributed by atoms with E-state index in [-0.39, 0.29) is 0 Å². The average Bonchev–Trinajstić information content (AvgIpc) is 2.70. The first-order valence-corrected chi connectivity index (χ1v) is 6.96. The number of aromatic nitrogens is 1. The first-order valence-electron chi connectivity index (χ1n) is 6.96. The molecule has 2 fully saturated rings. The van der Waals surface area contributed by atoms with E-state index in [0.29, 0.717) is 30.2 Å². The van der Waals surface area contributed by atoms with Crippen molar-refractivity contribution in [1.82, 2.24) is 10.3 Å². The Morgan fingerprint density at radius 2 is 2.11 bits per heavy atom. The molecule has 0 aliphatic carbocycles. The molecule has 2 unspecified atom stereocenters. The van der Waals surface area contributed by atoms with Crippen LogP contribution in [0.1, 0.15) is 37.7 Å². The average molecular weight is 244 g/mol. The smallest absolute Gasteiger partial charge is 0.137 e. The van der Waals surface area contributed by atoms with Crippen LogP contribution in [0.3, 0.4) is 0 Å². The summed E-state index contributed by atoms with van der Waals surface area (Å²) in [5, 5.41) is 3.62. The van der Waals surface area contributed by atoms with E-state index in [4.69, 9.17) is 0 Å². The van der Waals surface area contributed by atoms with Gasteiger partial charge in [0.25, 0.3) is 0 Å². The molecule has 3 nitrogen and oxygen atoms in total. The lowest BCUT2D eigenvalue weighted by Crippen LogP contribution is -2.38. The number of carbonyl (C=O) groups is 1. The number of carbonyl (C=O) groups excluding carboxylic acids is 1. The van der Waals surface area contributed by atoms with Gasteiger partial charge in [0.05, 0.1) is 0 Å². The molecule has 3 rings (SSSR count). The lowest BCUT2D eigenvalue weighted by Gasteiger charge is -2.28. The molecule has 0 aromatic carbocycles. The third kappa shape index (κ3) is 2.78. The number of nitrogens with one attached hydrogen (secondary N) is 1. The summed E-state index contributed by atoms with van der Waals surface area (Å²) in [5.41, 5.74) is 1.04. The van der Waals surface area contributed by atoms with Crippen LogP contribution in [-0.2, 0) is 11.2 Å². The second-order valence-corrected chi connectivity index (χ2v) is 5.76. The summed E-state index contributed by atoms with van der Waals surface area (Å²) in [6, 6.07) is 5.24. The van der Waals surface area contributed by atoms with E-state index < -0.39 is 0 Å². The molecule has 96 valence electrons. The van der Waals surface area contributed by atoms with Crippen molar-refractivity contribution < 1.29 is 4.79 Å². The van der Waals surface area contributed by atoms with Crippen molar-refractivity contribution in [3.63, 3.8) is 0 Å². The SMILES string of the molecule is O=C(Cc1cccnc1)CC1CC2CCC(C1)N2.